The lowest BCUT2D eigenvalue weighted by Crippen LogP contribution is -2.46. The molecule has 0 bridgehead atoms. The number of aryl methyl sites for hydroxylation is 1. The molecule has 0 amide bonds. The van der Waals surface area contributed by atoms with E-state index in [1.165, 1.54) is 5.69 Å². The summed E-state index contributed by atoms with van der Waals surface area (Å²) in [5, 5.41) is 0. The minimum Gasteiger partial charge on any atom is -0.489 e. The molecule has 1 saturated heterocycles. The van der Waals surface area contributed by atoms with Crippen molar-refractivity contribution in [2.24, 2.45) is 0 Å². The Bertz CT molecular complexity index is 1080. The van der Waals surface area contributed by atoms with Gasteiger partial charge in [0.05, 0.1) is 5.56 Å². The molecule has 6 heteroatoms. The van der Waals surface area contributed by atoms with E-state index < -0.39 is 0 Å². The van der Waals surface area contributed by atoms with Gasteiger partial charge in [0.25, 0.3) is 0 Å². The van der Waals surface area contributed by atoms with Crippen LogP contribution in [0.15, 0.2) is 85.2 Å². The number of nitrogens with zero attached hydrogens (tertiary/aromatic N) is 3. The molecule has 2 heterocycles. The maximum atomic E-state index is 12.2. The van der Waals surface area contributed by atoms with Crippen molar-refractivity contribution in [3.05, 3.63) is 102 Å². The van der Waals surface area contributed by atoms with Gasteiger partial charge in [-0.2, -0.15) is 0 Å². The zero-order chi connectivity index (χ0) is 23.0. The lowest BCUT2D eigenvalue weighted by molar-refractivity contribution is 0.0512. The van der Waals surface area contributed by atoms with Gasteiger partial charge >= 0.3 is 5.97 Å². The minimum atomic E-state index is -0.352. The highest BCUT2D eigenvalue weighted by atomic mass is 16.5. The molecular weight excluding hydrogens is 414 g/mol. The van der Waals surface area contributed by atoms with Crippen LogP contribution in [0, 0.1) is 6.92 Å². The van der Waals surface area contributed by atoms with E-state index in [2.05, 4.69) is 45.6 Å². The summed E-state index contributed by atoms with van der Waals surface area (Å²) in [6, 6.07) is 21.8. The van der Waals surface area contributed by atoms with Crippen LogP contribution in [0.25, 0.3) is 0 Å². The van der Waals surface area contributed by atoms with E-state index in [-0.39, 0.29) is 12.6 Å². The highest BCUT2D eigenvalue weighted by Crippen LogP contribution is 2.22. The van der Waals surface area contributed by atoms with E-state index in [0.29, 0.717) is 12.2 Å². The van der Waals surface area contributed by atoms with Crippen LogP contribution in [-0.2, 0) is 11.3 Å². The summed E-state index contributed by atoms with van der Waals surface area (Å²) in [5.74, 6) is 0.510. The lowest BCUT2D eigenvalue weighted by atomic mass is 10.2. The molecule has 0 atom stereocenters. The van der Waals surface area contributed by atoms with Crippen LogP contribution in [0.5, 0.6) is 5.75 Å². The van der Waals surface area contributed by atoms with Gasteiger partial charge in [0.2, 0.25) is 0 Å². The second kappa shape index (κ2) is 10.7. The molecule has 2 aromatic carbocycles. The van der Waals surface area contributed by atoms with Gasteiger partial charge in [0.1, 0.15) is 19.0 Å². The highest BCUT2D eigenvalue weighted by Gasteiger charge is 2.19. The molecule has 0 N–H and O–H groups in total. The van der Waals surface area contributed by atoms with Crippen LogP contribution in [0.2, 0.25) is 0 Å². The Kier molecular flexibility index (Phi) is 7.25. The molecule has 0 saturated carbocycles. The van der Waals surface area contributed by atoms with Gasteiger partial charge in [-0.25, -0.2) is 4.79 Å². The summed E-state index contributed by atoms with van der Waals surface area (Å²) in [4.78, 5) is 20.9. The number of ether oxygens (including phenoxy) is 2. The molecule has 4 rings (SSSR count). The Morgan fingerprint density at radius 3 is 2.42 bits per heavy atom. The highest BCUT2D eigenvalue weighted by molar-refractivity contribution is 5.89. The van der Waals surface area contributed by atoms with Crippen LogP contribution >= 0.6 is 0 Å². The van der Waals surface area contributed by atoms with Gasteiger partial charge in [-0.15, -0.1) is 0 Å². The fourth-order valence-electron chi connectivity index (χ4n) is 3.77. The smallest absolute Gasteiger partial charge is 0.338 e. The molecule has 170 valence electrons. The minimum absolute atomic E-state index is 0.188. The third-order valence-electron chi connectivity index (χ3n) is 5.68. The number of esters is 1. The molecule has 1 aromatic heterocycles. The van der Waals surface area contributed by atoms with Crippen molar-refractivity contribution in [3.8, 4) is 5.75 Å². The molecular formula is C27H29N3O3. The monoisotopic (exact) mass is 443 g/mol. The third kappa shape index (κ3) is 6.13. The number of anilines is 1. The Balaban J connectivity index is 1.22. The molecule has 0 unspecified atom stereocenters. The largest absolute Gasteiger partial charge is 0.489 e. The van der Waals surface area contributed by atoms with E-state index in [0.717, 1.165) is 48.9 Å². The van der Waals surface area contributed by atoms with Crippen molar-refractivity contribution in [2.45, 2.75) is 13.5 Å². The quantitative estimate of drug-likeness (QED) is 0.479. The number of benzene rings is 2. The first-order chi connectivity index (χ1) is 16.1. The van der Waals surface area contributed by atoms with E-state index in [1.807, 2.05) is 37.3 Å². The first-order valence-corrected chi connectivity index (χ1v) is 11.1. The van der Waals surface area contributed by atoms with Crippen LogP contribution in [-0.4, -0.2) is 48.6 Å². The summed E-state index contributed by atoms with van der Waals surface area (Å²) in [5.41, 5.74) is 4.44. The van der Waals surface area contributed by atoms with Crippen molar-refractivity contribution in [3.63, 3.8) is 0 Å². The summed E-state index contributed by atoms with van der Waals surface area (Å²) in [6.07, 6.45) is 1.61. The first-order valence-electron chi connectivity index (χ1n) is 11.1. The zero-order valence-electron chi connectivity index (χ0n) is 18.9. The summed E-state index contributed by atoms with van der Waals surface area (Å²) in [6.45, 7) is 10.1. The predicted molar refractivity (Wildman–Crippen MR) is 129 cm³/mol. The average Bonchev–Trinajstić information content (AvgIpc) is 2.87. The predicted octanol–water partition coefficient (Wildman–Crippen LogP) is 4.46. The number of carbonyl (C=O) groups excluding carboxylic acids is 1. The normalized spacial score (nSPS) is 13.5. The molecule has 1 aliphatic heterocycles. The second-order valence-corrected chi connectivity index (χ2v) is 8.07. The number of aromatic nitrogens is 1. The average molecular weight is 444 g/mol. The first kappa shape index (κ1) is 22.4. The number of hydrogen-bond donors (Lipinski definition) is 0. The van der Waals surface area contributed by atoms with E-state index in [9.17, 15) is 4.79 Å². The molecule has 6 nitrogen and oxygen atoms in total. The second-order valence-electron chi connectivity index (χ2n) is 8.07. The Morgan fingerprint density at radius 1 is 1.00 bits per heavy atom. The zero-order valence-corrected chi connectivity index (χ0v) is 18.9. The van der Waals surface area contributed by atoms with Crippen molar-refractivity contribution in [1.29, 1.82) is 0 Å². The van der Waals surface area contributed by atoms with Crippen molar-refractivity contribution < 1.29 is 14.3 Å². The summed E-state index contributed by atoms with van der Waals surface area (Å²) in [7, 11) is 0. The Labute approximate surface area is 195 Å². The van der Waals surface area contributed by atoms with E-state index in [1.54, 1.807) is 18.3 Å². The van der Waals surface area contributed by atoms with Gasteiger partial charge < -0.3 is 19.3 Å². The van der Waals surface area contributed by atoms with E-state index in [4.69, 9.17) is 9.47 Å². The Hall–Kier alpha value is -3.80. The standard InChI is InChI=1S/C27H29N3O3/c1-21-18-24(12-13-28-21)27(31)33-19-22(2)29-14-16-30(17-15-29)25-8-10-26(11-9-25)32-20-23-6-4-3-5-7-23/h3-13,18H,2,14-17,19-20H2,1H3. The maximum Gasteiger partial charge on any atom is 0.338 e. The van der Waals surface area contributed by atoms with Crippen LogP contribution in [0.4, 0.5) is 5.69 Å². The van der Waals surface area contributed by atoms with Gasteiger partial charge in [-0.05, 0) is 48.9 Å². The van der Waals surface area contributed by atoms with Crippen molar-refractivity contribution >= 4 is 11.7 Å². The van der Waals surface area contributed by atoms with E-state index >= 15 is 0 Å². The van der Waals surface area contributed by atoms with Gasteiger partial charge in [-0.3, -0.25) is 4.98 Å². The van der Waals surface area contributed by atoms with Crippen LogP contribution in [0.1, 0.15) is 21.6 Å². The number of pyridine rings is 1. The lowest BCUT2D eigenvalue weighted by Gasteiger charge is -2.38. The third-order valence-corrected chi connectivity index (χ3v) is 5.68. The number of carbonyl (C=O) groups is 1. The van der Waals surface area contributed by atoms with Crippen LogP contribution < -0.4 is 9.64 Å². The van der Waals surface area contributed by atoms with Gasteiger partial charge in [-0.1, -0.05) is 36.9 Å². The Morgan fingerprint density at radius 2 is 1.73 bits per heavy atom. The summed E-state index contributed by atoms with van der Waals surface area (Å²) >= 11 is 0. The van der Waals surface area contributed by atoms with Crippen molar-refractivity contribution in [1.82, 2.24) is 9.88 Å². The van der Waals surface area contributed by atoms with Crippen molar-refractivity contribution in [2.75, 3.05) is 37.7 Å². The van der Waals surface area contributed by atoms with Crippen LogP contribution in [0.3, 0.4) is 0 Å². The number of rotatable bonds is 8. The van der Waals surface area contributed by atoms with Gasteiger partial charge in [0.15, 0.2) is 0 Å². The number of hydrogen-bond acceptors (Lipinski definition) is 6. The molecule has 33 heavy (non-hydrogen) atoms. The maximum absolute atomic E-state index is 12.2. The molecule has 0 spiro atoms. The topological polar surface area (TPSA) is 54.9 Å². The molecule has 1 fully saturated rings. The molecule has 3 aromatic rings. The molecule has 1 aliphatic rings. The SMILES string of the molecule is C=C(COC(=O)c1ccnc(C)c1)N1CCN(c2ccc(OCc3ccccc3)cc2)CC1. The fourth-order valence-corrected chi connectivity index (χ4v) is 3.77. The fraction of sp³-hybridized carbons (Fsp3) is 0.259. The summed E-state index contributed by atoms with van der Waals surface area (Å²) < 4.78 is 11.3. The number of piperazine rings is 1. The molecule has 0 aliphatic carbocycles. The van der Waals surface area contributed by atoms with Gasteiger partial charge in [0, 0.05) is 49.5 Å². The molecule has 0 radical (unpaired) electrons.